The third-order valence-electron chi connectivity index (χ3n) is 4.80. The van der Waals surface area contributed by atoms with Gasteiger partial charge in [-0.1, -0.05) is 0 Å². The lowest BCUT2D eigenvalue weighted by molar-refractivity contribution is 0.112. The summed E-state index contributed by atoms with van der Waals surface area (Å²) in [6.07, 6.45) is 4.71. The number of rotatable bonds is 2. The molecule has 3 heterocycles. The number of hydrogen-bond acceptors (Lipinski definition) is 4. The summed E-state index contributed by atoms with van der Waals surface area (Å²) in [7, 11) is 4.17. The smallest absolute Gasteiger partial charge is 0.155 e. The molecule has 0 amide bonds. The van der Waals surface area contributed by atoms with E-state index in [-0.39, 0.29) is 0 Å². The fourth-order valence-corrected chi connectivity index (χ4v) is 3.68. The van der Waals surface area contributed by atoms with Crippen molar-refractivity contribution < 1.29 is 4.79 Å². The highest BCUT2D eigenvalue weighted by molar-refractivity contribution is 5.84. The molecule has 104 valence electrons. The SMILES string of the molecule is Cc1nn(C)c(N2CCC3CCC(C2)N3C)c1C=O. The Morgan fingerprint density at radius 1 is 1.21 bits per heavy atom. The van der Waals surface area contributed by atoms with E-state index in [1.165, 1.54) is 19.3 Å². The molecule has 19 heavy (non-hydrogen) atoms. The van der Waals surface area contributed by atoms with Gasteiger partial charge in [0.05, 0.1) is 11.3 Å². The van der Waals surface area contributed by atoms with Gasteiger partial charge in [0.25, 0.3) is 0 Å². The maximum absolute atomic E-state index is 11.3. The first-order valence-electron chi connectivity index (χ1n) is 7.07. The maximum Gasteiger partial charge on any atom is 0.155 e. The monoisotopic (exact) mass is 262 g/mol. The molecule has 2 aliphatic rings. The highest BCUT2D eigenvalue weighted by Crippen LogP contribution is 2.32. The Labute approximate surface area is 114 Å². The van der Waals surface area contributed by atoms with E-state index in [2.05, 4.69) is 21.9 Å². The molecule has 0 N–H and O–H groups in total. The van der Waals surface area contributed by atoms with Gasteiger partial charge in [0, 0.05) is 32.2 Å². The summed E-state index contributed by atoms with van der Waals surface area (Å²) in [4.78, 5) is 16.2. The van der Waals surface area contributed by atoms with Crippen LogP contribution in [-0.2, 0) is 7.05 Å². The van der Waals surface area contributed by atoms with Gasteiger partial charge in [0.2, 0.25) is 0 Å². The summed E-state index contributed by atoms with van der Waals surface area (Å²) in [5, 5.41) is 4.40. The molecule has 0 radical (unpaired) electrons. The molecule has 0 aliphatic carbocycles. The lowest BCUT2D eigenvalue weighted by Gasteiger charge is -2.27. The number of fused-ring (bicyclic) bond motifs is 2. The van der Waals surface area contributed by atoms with E-state index in [1.54, 1.807) is 0 Å². The van der Waals surface area contributed by atoms with Gasteiger partial charge >= 0.3 is 0 Å². The Morgan fingerprint density at radius 3 is 2.68 bits per heavy atom. The van der Waals surface area contributed by atoms with Crippen molar-refractivity contribution in [3.05, 3.63) is 11.3 Å². The molecular formula is C14H22N4O. The molecule has 2 fully saturated rings. The van der Waals surface area contributed by atoms with E-state index in [0.717, 1.165) is 36.5 Å². The van der Waals surface area contributed by atoms with Crippen LogP contribution < -0.4 is 4.90 Å². The maximum atomic E-state index is 11.3. The molecule has 5 heteroatoms. The second-order valence-electron chi connectivity index (χ2n) is 5.85. The van der Waals surface area contributed by atoms with Crippen molar-refractivity contribution in [2.45, 2.75) is 38.3 Å². The van der Waals surface area contributed by atoms with Crippen LogP contribution in [0.4, 0.5) is 5.82 Å². The van der Waals surface area contributed by atoms with E-state index >= 15 is 0 Å². The molecule has 0 spiro atoms. The second kappa shape index (κ2) is 4.63. The molecule has 0 aromatic carbocycles. The van der Waals surface area contributed by atoms with Crippen molar-refractivity contribution >= 4 is 12.1 Å². The average molecular weight is 262 g/mol. The second-order valence-corrected chi connectivity index (χ2v) is 5.85. The van der Waals surface area contributed by atoms with Crippen LogP contribution >= 0.6 is 0 Å². The van der Waals surface area contributed by atoms with E-state index in [0.29, 0.717) is 12.1 Å². The van der Waals surface area contributed by atoms with E-state index in [1.807, 2.05) is 18.7 Å². The predicted molar refractivity (Wildman–Crippen MR) is 74.7 cm³/mol. The number of anilines is 1. The molecule has 2 atom stereocenters. The molecule has 2 bridgehead atoms. The van der Waals surface area contributed by atoms with Crippen molar-refractivity contribution in [2.75, 3.05) is 25.0 Å². The van der Waals surface area contributed by atoms with Gasteiger partial charge in [0.1, 0.15) is 5.82 Å². The zero-order chi connectivity index (χ0) is 13.6. The minimum absolute atomic E-state index is 0.613. The van der Waals surface area contributed by atoms with Gasteiger partial charge in [-0.15, -0.1) is 0 Å². The molecule has 2 aliphatic heterocycles. The first-order chi connectivity index (χ1) is 9.11. The lowest BCUT2D eigenvalue weighted by Crippen LogP contribution is -2.37. The summed E-state index contributed by atoms with van der Waals surface area (Å²) in [5.74, 6) is 0.994. The van der Waals surface area contributed by atoms with E-state index in [9.17, 15) is 4.79 Å². The third-order valence-corrected chi connectivity index (χ3v) is 4.80. The van der Waals surface area contributed by atoms with E-state index in [4.69, 9.17) is 0 Å². The van der Waals surface area contributed by atoms with Crippen molar-refractivity contribution in [1.29, 1.82) is 0 Å². The molecule has 5 nitrogen and oxygen atoms in total. The highest BCUT2D eigenvalue weighted by atomic mass is 16.1. The standard InChI is InChI=1S/C14H22N4O/c1-10-13(9-19)14(17(3)15-10)18-7-6-11-4-5-12(8-18)16(11)2/h9,11-12H,4-8H2,1-3H3. The normalized spacial score (nSPS) is 27.6. The van der Waals surface area contributed by atoms with Gasteiger partial charge in [-0.2, -0.15) is 5.10 Å². The largest absolute Gasteiger partial charge is 0.355 e. The zero-order valence-electron chi connectivity index (χ0n) is 12.0. The van der Waals surface area contributed by atoms with Crippen LogP contribution in [0.5, 0.6) is 0 Å². The van der Waals surface area contributed by atoms with Crippen LogP contribution in [0.3, 0.4) is 0 Å². The number of aryl methyl sites for hydroxylation is 2. The quantitative estimate of drug-likeness (QED) is 0.751. The summed E-state index contributed by atoms with van der Waals surface area (Å²) >= 11 is 0. The van der Waals surface area contributed by atoms with Crippen LogP contribution in [0.1, 0.15) is 35.3 Å². The zero-order valence-corrected chi connectivity index (χ0v) is 12.0. The van der Waals surface area contributed by atoms with Gasteiger partial charge in [-0.3, -0.25) is 14.4 Å². The number of carbonyl (C=O) groups excluding carboxylic acids is 1. The Morgan fingerprint density at radius 2 is 1.95 bits per heavy atom. The Bertz CT molecular complexity index is 496. The fraction of sp³-hybridized carbons (Fsp3) is 0.714. The fourth-order valence-electron chi connectivity index (χ4n) is 3.68. The Kier molecular flexibility index (Phi) is 3.09. The summed E-state index contributed by atoms with van der Waals surface area (Å²) in [5.41, 5.74) is 1.58. The minimum Gasteiger partial charge on any atom is -0.355 e. The molecule has 2 unspecified atom stereocenters. The predicted octanol–water partition coefficient (Wildman–Crippen LogP) is 1.21. The van der Waals surface area contributed by atoms with Crippen LogP contribution in [0.2, 0.25) is 0 Å². The van der Waals surface area contributed by atoms with Crippen LogP contribution in [-0.4, -0.2) is 53.2 Å². The summed E-state index contributed by atoms with van der Waals surface area (Å²) in [6, 6.07) is 1.33. The number of aromatic nitrogens is 2. The van der Waals surface area contributed by atoms with Gasteiger partial charge in [-0.25, -0.2) is 0 Å². The first-order valence-corrected chi connectivity index (χ1v) is 7.07. The first kappa shape index (κ1) is 12.7. The van der Waals surface area contributed by atoms with Crippen molar-refractivity contribution in [1.82, 2.24) is 14.7 Å². The molecular weight excluding hydrogens is 240 g/mol. The molecule has 3 rings (SSSR count). The average Bonchev–Trinajstić information content (AvgIpc) is 2.77. The van der Waals surface area contributed by atoms with Crippen LogP contribution in [0.25, 0.3) is 0 Å². The number of aldehydes is 1. The molecule has 1 aromatic rings. The van der Waals surface area contributed by atoms with E-state index < -0.39 is 0 Å². The van der Waals surface area contributed by atoms with Crippen LogP contribution in [0.15, 0.2) is 0 Å². The molecule has 1 aromatic heterocycles. The van der Waals surface area contributed by atoms with Crippen molar-refractivity contribution in [3.63, 3.8) is 0 Å². The topological polar surface area (TPSA) is 41.4 Å². The highest BCUT2D eigenvalue weighted by Gasteiger charge is 2.36. The number of likely N-dealkylation sites (N-methyl/N-ethyl adjacent to an activating group) is 1. The lowest BCUT2D eigenvalue weighted by atomic mass is 10.1. The van der Waals surface area contributed by atoms with Crippen molar-refractivity contribution in [3.8, 4) is 0 Å². The van der Waals surface area contributed by atoms with Crippen molar-refractivity contribution in [2.24, 2.45) is 7.05 Å². The summed E-state index contributed by atoms with van der Waals surface area (Å²) < 4.78 is 1.86. The van der Waals surface area contributed by atoms with Gasteiger partial charge < -0.3 is 4.90 Å². The van der Waals surface area contributed by atoms with Gasteiger partial charge in [0.15, 0.2) is 6.29 Å². The Balaban J connectivity index is 1.93. The third kappa shape index (κ3) is 1.96. The molecule has 0 saturated carbocycles. The minimum atomic E-state index is 0.613. The Hall–Kier alpha value is -1.36. The molecule has 2 saturated heterocycles. The number of hydrogen-bond donors (Lipinski definition) is 0. The van der Waals surface area contributed by atoms with Gasteiger partial charge in [-0.05, 0) is 33.2 Å². The summed E-state index contributed by atoms with van der Waals surface area (Å²) in [6.45, 7) is 3.93. The number of nitrogens with zero attached hydrogens (tertiary/aromatic N) is 4. The van der Waals surface area contributed by atoms with Crippen LogP contribution in [0, 0.1) is 6.92 Å². The number of carbonyl (C=O) groups is 1.